The molecule has 1 aliphatic carbocycles. The Morgan fingerprint density at radius 2 is 1.74 bits per heavy atom. The highest BCUT2D eigenvalue weighted by Gasteiger charge is 2.44. The summed E-state index contributed by atoms with van der Waals surface area (Å²) in [5.74, 6) is -1.11. The van der Waals surface area contributed by atoms with E-state index in [2.05, 4.69) is 29.6 Å². The summed E-state index contributed by atoms with van der Waals surface area (Å²) in [5.41, 5.74) is 3.78. The molecule has 2 aromatic carbocycles. The molecule has 1 aliphatic heterocycles. The first-order valence-electron chi connectivity index (χ1n) is 11.6. The van der Waals surface area contributed by atoms with Gasteiger partial charge in [-0.25, -0.2) is 4.79 Å². The number of aliphatic carboxylic acids is 1. The number of carbonyl (C=O) groups is 3. The highest BCUT2D eigenvalue weighted by atomic mass is 16.5. The third-order valence-corrected chi connectivity index (χ3v) is 6.92. The van der Waals surface area contributed by atoms with Gasteiger partial charge in [-0.15, -0.1) is 0 Å². The molecule has 2 aromatic rings. The molecule has 1 fully saturated rings. The number of benzene rings is 2. The molecule has 1 atom stereocenters. The third kappa shape index (κ3) is 4.77. The Morgan fingerprint density at radius 1 is 1.09 bits per heavy atom. The smallest absolute Gasteiger partial charge is 0.407 e. The zero-order chi connectivity index (χ0) is 24.1. The molecule has 0 bridgehead atoms. The van der Waals surface area contributed by atoms with Crippen LogP contribution in [0.25, 0.3) is 11.1 Å². The first-order valence-corrected chi connectivity index (χ1v) is 11.6. The summed E-state index contributed by atoms with van der Waals surface area (Å²) in [6.07, 6.45) is 0.399. The fourth-order valence-electron chi connectivity index (χ4n) is 4.83. The summed E-state index contributed by atoms with van der Waals surface area (Å²) in [6.45, 7) is 2.90. The van der Waals surface area contributed by atoms with E-state index in [0.717, 1.165) is 11.1 Å². The summed E-state index contributed by atoms with van der Waals surface area (Å²) in [7, 11) is 0. The molecule has 2 amide bonds. The molecule has 8 heteroatoms. The van der Waals surface area contributed by atoms with Crippen molar-refractivity contribution in [3.8, 4) is 11.1 Å². The van der Waals surface area contributed by atoms with E-state index in [-0.39, 0.29) is 44.7 Å². The number of fused-ring (bicyclic) bond motifs is 3. The van der Waals surface area contributed by atoms with Gasteiger partial charge in [0, 0.05) is 25.6 Å². The maximum Gasteiger partial charge on any atom is 0.407 e. The minimum Gasteiger partial charge on any atom is -0.481 e. The molecule has 2 aliphatic rings. The summed E-state index contributed by atoms with van der Waals surface area (Å²) in [5, 5.41) is 12.1. The largest absolute Gasteiger partial charge is 0.481 e. The van der Waals surface area contributed by atoms with Crippen LogP contribution in [0.4, 0.5) is 4.79 Å². The Bertz CT molecular complexity index is 1030. The Morgan fingerprint density at radius 3 is 2.32 bits per heavy atom. The van der Waals surface area contributed by atoms with Gasteiger partial charge < -0.3 is 24.8 Å². The van der Waals surface area contributed by atoms with Gasteiger partial charge in [-0.3, -0.25) is 9.59 Å². The molecule has 0 radical (unpaired) electrons. The third-order valence-electron chi connectivity index (χ3n) is 6.92. The minimum absolute atomic E-state index is 0.00600. The number of carboxylic acid groups (broad SMARTS) is 1. The Balaban J connectivity index is 1.17. The summed E-state index contributed by atoms with van der Waals surface area (Å²) < 4.78 is 10.9. The average molecular weight is 467 g/mol. The van der Waals surface area contributed by atoms with Crippen molar-refractivity contribution < 1.29 is 29.0 Å². The lowest BCUT2D eigenvalue weighted by molar-refractivity contribution is -0.149. The van der Waals surface area contributed by atoms with E-state index in [1.807, 2.05) is 31.2 Å². The standard InChI is InChI=1S/C26H30N2O6/c1-2-26(24(30)31)11-13-28(17-26)23(29)16-33-14-12-27-25(32)34-15-22-20-9-5-3-7-18(20)19-8-4-6-10-21(19)22/h3-10,22H,2,11-17H2,1H3,(H,27,32)(H,30,31). The zero-order valence-electron chi connectivity index (χ0n) is 19.3. The topological polar surface area (TPSA) is 105 Å². The quantitative estimate of drug-likeness (QED) is 0.550. The van der Waals surface area contributed by atoms with Gasteiger partial charge in [0.2, 0.25) is 5.91 Å². The van der Waals surface area contributed by atoms with Crippen LogP contribution in [0.5, 0.6) is 0 Å². The van der Waals surface area contributed by atoms with E-state index >= 15 is 0 Å². The van der Waals surface area contributed by atoms with Gasteiger partial charge in [0.25, 0.3) is 0 Å². The fourth-order valence-corrected chi connectivity index (χ4v) is 4.83. The molecule has 8 nitrogen and oxygen atoms in total. The highest BCUT2D eigenvalue weighted by molar-refractivity contribution is 5.81. The van der Waals surface area contributed by atoms with E-state index in [4.69, 9.17) is 9.47 Å². The number of nitrogens with one attached hydrogen (secondary N) is 1. The van der Waals surface area contributed by atoms with Gasteiger partial charge in [0.15, 0.2) is 0 Å². The van der Waals surface area contributed by atoms with Crippen molar-refractivity contribution in [1.29, 1.82) is 0 Å². The second-order valence-corrected chi connectivity index (χ2v) is 8.81. The second-order valence-electron chi connectivity index (χ2n) is 8.81. The highest BCUT2D eigenvalue weighted by Crippen LogP contribution is 2.44. The van der Waals surface area contributed by atoms with Crippen molar-refractivity contribution in [3.05, 3.63) is 59.7 Å². The zero-order valence-corrected chi connectivity index (χ0v) is 19.3. The van der Waals surface area contributed by atoms with Gasteiger partial charge >= 0.3 is 12.1 Å². The van der Waals surface area contributed by atoms with Crippen LogP contribution in [-0.2, 0) is 19.1 Å². The monoisotopic (exact) mass is 466 g/mol. The SMILES string of the molecule is CCC1(C(=O)O)CCN(C(=O)COCCNC(=O)OCC2c3ccccc3-c3ccccc32)C1. The lowest BCUT2D eigenvalue weighted by Gasteiger charge is -2.23. The number of hydrogen-bond acceptors (Lipinski definition) is 5. The number of ether oxygens (including phenoxy) is 2. The van der Waals surface area contributed by atoms with E-state index in [1.54, 1.807) is 0 Å². The maximum atomic E-state index is 12.3. The summed E-state index contributed by atoms with van der Waals surface area (Å²) >= 11 is 0. The molecule has 1 unspecified atom stereocenters. The summed E-state index contributed by atoms with van der Waals surface area (Å²) in [4.78, 5) is 37.6. The van der Waals surface area contributed by atoms with Crippen molar-refractivity contribution in [2.24, 2.45) is 5.41 Å². The second kappa shape index (κ2) is 10.3. The number of hydrogen-bond donors (Lipinski definition) is 2. The molecule has 0 aromatic heterocycles. The molecule has 4 rings (SSSR count). The number of rotatable bonds is 9. The molecule has 180 valence electrons. The lowest BCUT2D eigenvalue weighted by atomic mass is 9.84. The van der Waals surface area contributed by atoms with Crippen molar-refractivity contribution in [2.45, 2.75) is 25.7 Å². The number of carbonyl (C=O) groups excluding carboxylic acids is 2. The molecular weight excluding hydrogens is 436 g/mol. The first-order chi connectivity index (χ1) is 16.4. The molecule has 34 heavy (non-hydrogen) atoms. The molecule has 2 N–H and O–H groups in total. The average Bonchev–Trinajstić information content (AvgIpc) is 3.43. The predicted molar refractivity (Wildman–Crippen MR) is 125 cm³/mol. The normalized spacial score (nSPS) is 18.9. The molecular formula is C26H30N2O6. The first kappa shape index (κ1) is 23.8. The molecule has 1 heterocycles. The van der Waals surface area contributed by atoms with Crippen LogP contribution in [0, 0.1) is 5.41 Å². The maximum absolute atomic E-state index is 12.3. The molecule has 1 saturated heterocycles. The molecule has 0 saturated carbocycles. The van der Waals surface area contributed by atoms with E-state index in [1.165, 1.54) is 16.0 Å². The van der Waals surface area contributed by atoms with Crippen LogP contribution in [0.15, 0.2) is 48.5 Å². The van der Waals surface area contributed by atoms with Crippen LogP contribution < -0.4 is 5.32 Å². The number of amides is 2. The van der Waals surface area contributed by atoms with Crippen molar-refractivity contribution in [1.82, 2.24) is 10.2 Å². The summed E-state index contributed by atoms with van der Waals surface area (Å²) in [6, 6.07) is 16.3. The Kier molecular flexibility index (Phi) is 7.17. The van der Waals surface area contributed by atoms with E-state index < -0.39 is 17.5 Å². The van der Waals surface area contributed by atoms with Gasteiger partial charge in [-0.2, -0.15) is 0 Å². The number of alkyl carbamates (subject to hydrolysis) is 1. The minimum atomic E-state index is -0.862. The van der Waals surface area contributed by atoms with Crippen LogP contribution >= 0.6 is 0 Å². The van der Waals surface area contributed by atoms with Crippen LogP contribution in [0.1, 0.15) is 36.8 Å². The van der Waals surface area contributed by atoms with Gasteiger partial charge in [-0.1, -0.05) is 55.5 Å². The molecule has 0 spiro atoms. The van der Waals surface area contributed by atoms with Crippen LogP contribution in [0.2, 0.25) is 0 Å². The predicted octanol–water partition coefficient (Wildman–Crippen LogP) is 3.26. The van der Waals surface area contributed by atoms with E-state index in [9.17, 15) is 19.5 Å². The van der Waals surface area contributed by atoms with Crippen molar-refractivity contribution in [2.75, 3.05) is 39.5 Å². The van der Waals surface area contributed by atoms with Crippen LogP contribution in [-0.4, -0.2) is 67.4 Å². The van der Waals surface area contributed by atoms with Crippen LogP contribution in [0.3, 0.4) is 0 Å². The van der Waals surface area contributed by atoms with Gasteiger partial charge in [0.05, 0.1) is 12.0 Å². The number of nitrogens with zero attached hydrogens (tertiary/aromatic N) is 1. The van der Waals surface area contributed by atoms with Crippen molar-refractivity contribution >= 4 is 18.0 Å². The Hall–Kier alpha value is -3.39. The van der Waals surface area contributed by atoms with Gasteiger partial charge in [0.1, 0.15) is 13.2 Å². The van der Waals surface area contributed by atoms with Gasteiger partial charge in [-0.05, 0) is 35.1 Å². The number of likely N-dealkylation sites (tertiary alicyclic amines) is 1. The van der Waals surface area contributed by atoms with Crippen molar-refractivity contribution in [3.63, 3.8) is 0 Å². The number of carboxylic acids is 1. The Labute approximate surface area is 198 Å². The lowest BCUT2D eigenvalue weighted by Crippen LogP contribution is -2.38. The fraction of sp³-hybridized carbons (Fsp3) is 0.423. The van der Waals surface area contributed by atoms with E-state index in [0.29, 0.717) is 19.4 Å².